The molecule has 0 atom stereocenters. The van der Waals surface area contributed by atoms with Gasteiger partial charge in [0.05, 0.1) is 18.8 Å². The topological polar surface area (TPSA) is 81.5 Å². The largest absolute Gasteiger partial charge is 0.493 e. The summed E-state index contributed by atoms with van der Waals surface area (Å²) < 4.78 is 31.9. The van der Waals surface area contributed by atoms with E-state index in [1.54, 1.807) is 6.92 Å². The second kappa shape index (κ2) is 10.8. The molecule has 1 aromatic heterocycles. The van der Waals surface area contributed by atoms with Crippen LogP contribution in [-0.2, 0) is 28.7 Å². The van der Waals surface area contributed by atoms with Crippen LogP contribution in [0, 0.1) is 12.8 Å². The van der Waals surface area contributed by atoms with Crippen molar-refractivity contribution in [2.75, 3.05) is 13.2 Å². The highest BCUT2D eigenvalue weighted by Gasteiger charge is 2.15. The van der Waals surface area contributed by atoms with E-state index in [4.69, 9.17) is 4.74 Å². The van der Waals surface area contributed by atoms with Gasteiger partial charge in [-0.3, -0.25) is 9.48 Å². The van der Waals surface area contributed by atoms with E-state index >= 15 is 0 Å². The number of aryl methyl sites for hydroxylation is 2. The van der Waals surface area contributed by atoms with E-state index in [0.29, 0.717) is 25.5 Å². The summed E-state index contributed by atoms with van der Waals surface area (Å²) in [4.78, 5) is 12.1. The first-order chi connectivity index (χ1) is 13.7. The minimum absolute atomic E-state index is 0.104. The zero-order valence-corrected chi connectivity index (χ0v) is 19.7. The summed E-state index contributed by atoms with van der Waals surface area (Å²) in [7, 11) is -2.89. The number of rotatable bonds is 10. The lowest BCUT2D eigenvalue weighted by Gasteiger charge is -2.14. The fourth-order valence-corrected chi connectivity index (χ4v) is 3.76. The lowest BCUT2D eigenvalue weighted by Crippen LogP contribution is -2.29. The van der Waals surface area contributed by atoms with E-state index < -0.39 is 16.8 Å². The third-order valence-electron chi connectivity index (χ3n) is 4.33. The number of carbonyl (C=O) groups excluding carboxylic acids is 1. The molecule has 0 saturated carbocycles. The second-order valence-electron chi connectivity index (χ2n) is 7.24. The number of ether oxygens (including phenoxy) is 1. The van der Waals surface area contributed by atoms with Gasteiger partial charge < -0.3 is 4.74 Å². The number of aromatic nitrogens is 2. The smallest absolute Gasteiger partial charge is 0.236 e. The molecule has 0 unspecified atom stereocenters. The van der Waals surface area contributed by atoms with Crippen LogP contribution >= 0.6 is 15.9 Å². The number of nitrogens with zero attached hydrogens (tertiary/aromatic N) is 3. The number of hydrogen-bond donors (Lipinski definition) is 1. The molecule has 0 bridgehead atoms. The highest BCUT2D eigenvalue weighted by atomic mass is 79.9. The molecule has 0 aliphatic heterocycles. The van der Waals surface area contributed by atoms with Crippen molar-refractivity contribution in [3.8, 4) is 5.75 Å². The first kappa shape index (κ1) is 23.4. The van der Waals surface area contributed by atoms with Gasteiger partial charge in [0.1, 0.15) is 5.75 Å². The van der Waals surface area contributed by atoms with Crippen molar-refractivity contribution in [2.45, 2.75) is 47.1 Å². The van der Waals surface area contributed by atoms with Crippen molar-refractivity contribution in [2.24, 2.45) is 5.92 Å². The van der Waals surface area contributed by atoms with E-state index in [9.17, 15) is 13.2 Å². The van der Waals surface area contributed by atoms with Crippen LogP contribution < -0.4 is 4.74 Å². The predicted octanol–water partition coefficient (Wildman–Crippen LogP) is 3.34. The summed E-state index contributed by atoms with van der Waals surface area (Å²) in [6.07, 6.45) is 0.495. The maximum Gasteiger partial charge on any atom is 0.236 e. The molecule has 160 valence electrons. The molecule has 1 aromatic carbocycles. The normalized spacial score (nSPS) is 11.3. The molecule has 29 heavy (non-hydrogen) atoms. The summed E-state index contributed by atoms with van der Waals surface area (Å²) in [5, 5.41) is 4.60. The molecule has 0 N–H and O–H groups in total. The van der Waals surface area contributed by atoms with Crippen molar-refractivity contribution in [1.82, 2.24) is 14.1 Å². The molecule has 1 amide bonds. The molecule has 0 fully saturated rings. The number of carbonyl (C=O) groups is 1. The van der Waals surface area contributed by atoms with E-state index in [1.165, 1.54) is 0 Å². The quantitative estimate of drug-likeness (QED) is 0.521. The van der Waals surface area contributed by atoms with Crippen molar-refractivity contribution in [3.63, 3.8) is 0 Å². The van der Waals surface area contributed by atoms with Gasteiger partial charge in [-0.2, -0.15) is 5.10 Å². The minimum Gasteiger partial charge on any atom is -0.493 e. The maximum absolute atomic E-state index is 12.1. The third kappa shape index (κ3) is 6.85. The number of benzene rings is 1. The summed E-state index contributed by atoms with van der Waals surface area (Å²) in [6.45, 7) is 9.12. The van der Waals surface area contributed by atoms with Crippen LogP contribution in [0.5, 0.6) is 5.75 Å². The Kier molecular flexibility index (Phi) is 8.70. The molecule has 0 spiro atoms. The van der Waals surface area contributed by atoms with Gasteiger partial charge in [0.2, 0.25) is 16.8 Å². The first-order valence-corrected chi connectivity index (χ1v) is 11.5. The molecule has 1 heterocycles. The molecule has 2 rings (SSSR count). The van der Waals surface area contributed by atoms with Crippen LogP contribution in [0.2, 0.25) is 0 Å². The van der Waals surface area contributed by atoms with E-state index in [-0.39, 0.29) is 13.0 Å². The fourth-order valence-electron chi connectivity index (χ4n) is 2.84. The van der Waals surface area contributed by atoms with E-state index in [1.807, 2.05) is 35.9 Å². The lowest BCUT2D eigenvalue weighted by atomic mass is 10.2. The van der Waals surface area contributed by atoms with Crippen LogP contribution in [-0.4, -0.2) is 41.6 Å². The summed E-state index contributed by atoms with van der Waals surface area (Å²) in [5.74, 6) is 0.840. The van der Waals surface area contributed by atoms with Gasteiger partial charge in [-0.05, 0) is 44.0 Å². The highest BCUT2D eigenvalue weighted by molar-refractivity contribution is 9.10. The molecular weight excluding hydrogens is 458 g/mol. The molecule has 2 aromatic rings. The molecule has 9 heteroatoms. The number of thiol groups is 1. The molecule has 0 radical (unpaired) electrons. The number of halogens is 1. The average Bonchev–Trinajstić information content (AvgIpc) is 2.99. The van der Waals surface area contributed by atoms with Crippen molar-refractivity contribution >= 4 is 32.7 Å². The van der Waals surface area contributed by atoms with Crippen molar-refractivity contribution in [3.05, 3.63) is 45.7 Å². The lowest BCUT2D eigenvalue weighted by molar-refractivity contribution is -0.126. The van der Waals surface area contributed by atoms with Crippen LogP contribution in [0.3, 0.4) is 0 Å². The van der Waals surface area contributed by atoms with E-state index in [0.717, 1.165) is 31.5 Å². The molecule has 0 aliphatic rings. The van der Waals surface area contributed by atoms with Gasteiger partial charge in [0, 0.05) is 35.1 Å². The minimum atomic E-state index is -2.89. The SMILES string of the molecule is CCN(C(=O)CCc1cc(C)n(Cc2cc(Br)ccc2OCC(C)C)n1)[SH](=O)=O. The highest BCUT2D eigenvalue weighted by Crippen LogP contribution is 2.25. The van der Waals surface area contributed by atoms with Crippen molar-refractivity contribution < 1.29 is 17.9 Å². The Balaban J connectivity index is 2.11. The molecule has 7 nitrogen and oxygen atoms in total. The van der Waals surface area contributed by atoms with Crippen LogP contribution in [0.15, 0.2) is 28.7 Å². The Morgan fingerprint density at radius 3 is 2.66 bits per heavy atom. The summed E-state index contributed by atoms with van der Waals surface area (Å²) >= 11 is 3.51. The van der Waals surface area contributed by atoms with Gasteiger partial charge >= 0.3 is 0 Å². The second-order valence-corrected chi connectivity index (χ2v) is 9.11. The van der Waals surface area contributed by atoms with Gasteiger partial charge in [0.15, 0.2) is 0 Å². The third-order valence-corrected chi connectivity index (χ3v) is 5.72. The maximum atomic E-state index is 12.1. The zero-order chi connectivity index (χ0) is 21.6. The summed E-state index contributed by atoms with van der Waals surface area (Å²) in [6, 6.07) is 7.84. The first-order valence-electron chi connectivity index (χ1n) is 9.60. The average molecular weight is 486 g/mol. The standard InChI is InChI=1S/C20H28BrN3O4S/c1-5-24(29(26)27)20(25)9-7-18-10-15(4)23(22-18)12-16-11-17(21)6-8-19(16)28-13-14(2)3/h6,8,10-11,14,29H,5,7,9,12-13H2,1-4H3. The zero-order valence-electron chi connectivity index (χ0n) is 17.2. The number of amides is 1. The Morgan fingerprint density at radius 1 is 1.31 bits per heavy atom. The number of hydrogen-bond acceptors (Lipinski definition) is 5. The monoisotopic (exact) mass is 485 g/mol. The van der Waals surface area contributed by atoms with Gasteiger partial charge in [-0.25, -0.2) is 12.7 Å². The Hall–Kier alpha value is -1.87. The molecular formula is C20H28BrN3O4S. The van der Waals surface area contributed by atoms with Gasteiger partial charge in [-0.15, -0.1) is 0 Å². The van der Waals surface area contributed by atoms with Crippen LogP contribution in [0.1, 0.15) is 44.1 Å². The van der Waals surface area contributed by atoms with Gasteiger partial charge in [-0.1, -0.05) is 29.8 Å². The fraction of sp³-hybridized carbons (Fsp3) is 0.500. The van der Waals surface area contributed by atoms with Gasteiger partial charge in [0.25, 0.3) is 0 Å². The molecule has 0 aliphatic carbocycles. The Labute approximate surface area is 182 Å². The van der Waals surface area contributed by atoms with Crippen LogP contribution in [0.4, 0.5) is 0 Å². The van der Waals surface area contributed by atoms with E-state index in [2.05, 4.69) is 34.9 Å². The molecule has 0 saturated heterocycles. The Bertz CT molecular complexity index is 916. The predicted molar refractivity (Wildman–Crippen MR) is 117 cm³/mol. The summed E-state index contributed by atoms with van der Waals surface area (Å²) in [5.41, 5.74) is 2.73. The van der Waals surface area contributed by atoms with Crippen LogP contribution in [0.25, 0.3) is 0 Å². The Morgan fingerprint density at radius 2 is 2.03 bits per heavy atom. The van der Waals surface area contributed by atoms with Crippen molar-refractivity contribution in [1.29, 1.82) is 0 Å².